The Morgan fingerprint density at radius 3 is 2.73 bits per heavy atom. The van der Waals surface area contributed by atoms with E-state index in [0.29, 0.717) is 4.47 Å². The van der Waals surface area contributed by atoms with Gasteiger partial charge in [0.25, 0.3) is 0 Å². The molecule has 0 spiro atoms. The SMILES string of the molecule is O=C(O)CC1(c2cccc(F)c2Br)CC1. The van der Waals surface area contributed by atoms with Crippen LogP contribution in [-0.2, 0) is 10.2 Å². The number of carboxylic acids is 1. The van der Waals surface area contributed by atoms with Gasteiger partial charge < -0.3 is 5.11 Å². The lowest BCUT2D eigenvalue weighted by atomic mass is 9.92. The second kappa shape index (κ2) is 3.59. The van der Waals surface area contributed by atoms with Gasteiger partial charge in [0.05, 0.1) is 10.9 Å². The van der Waals surface area contributed by atoms with Gasteiger partial charge in [-0.25, -0.2) is 4.39 Å². The second-order valence-electron chi connectivity index (χ2n) is 3.95. The highest BCUT2D eigenvalue weighted by Gasteiger charge is 2.47. The molecule has 0 saturated heterocycles. The van der Waals surface area contributed by atoms with Crippen LogP contribution in [0.2, 0.25) is 0 Å². The van der Waals surface area contributed by atoms with E-state index in [-0.39, 0.29) is 17.7 Å². The number of rotatable bonds is 3. The number of aliphatic carboxylic acids is 1. The summed E-state index contributed by atoms with van der Waals surface area (Å²) < 4.78 is 13.7. The quantitative estimate of drug-likeness (QED) is 0.918. The fourth-order valence-corrected chi connectivity index (χ4v) is 2.58. The Hall–Kier alpha value is -0.900. The summed E-state index contributed by atoms with van der Waals surface area (Å²) >= 11 is 3.18. The third kappa shape index (κ3) is 1.91. The summed E-state index contributed by atoms with van der Waals surface area (Å²) in [6.45, 7) is 0. The Bertz CT molecular complexity index is 413. The number of halogens is 2. The molecule has 2 rings (SSSR count). The van der Waals surface area contributed by atoms with Crippen LogP contribution in [0.5, 0.6) is 0 Å². The van der Waals surface area contributed by atoms with Crippen molar-refractivity contribution < 1.29 is 14.3 Å². The van der Waals surface area contributed by atoms with E-state index in [1.54, 1.807) is 12.1 Å². The van der Waals surface area contributed by atoms with Crippen molar-refractivity contribution in [3.63, 3.8) is 0 Å². The summed E-state index contributed by atoms with van der Waals surface area (Å²) in [5.41, 5.74) is 0.442. The Kier molecular flexibility index (Phi) is 2.54. The summed E-state index contributed by atoms with van der Waals surface area (Å²) in [6.07, 6.45) is 1.72. The van der Waals surface area contributed by atoms with Crippen LogP contribution in [0.3, 0.4) is 0 Å². The molecule has 0 atom stereocenters. The van der Waals surface area contributed by atoms with E-state index >= 15 is 0 Å². The summed E-state index contributed by atoms with van der Waals surface area (Å²) in [4.78, 5) is 10.7. The van der Waals surface area contributed by atoms with E-state index in [9.17, 15) is 9.18 Å². The van der Waals surface area contributed by atoms with E-state index in [1.165, 1.54) is 6.07 Å². The van der Waals surface area contributed by atoms with Gasteiger partial charge >= 0.3 is 5.97 Å². The molecule has 0 heterocycles. The smallest absolute Gasteiger partial charge is 0.304 e. The highest BCUT2D eigenvalue weighted by atomic mass is 79.9. The molecule has 0 amide bonds. The van der Waals surface area contributed by atoms with E-state index in [2.05, 4.69) is 15.9 Å². The normalized spacial score (nSPS) is 17.5. The van der Waals surface area contributed by atoms with Gasteiger partial charge in [-0.2, -0.15) is 0 Å². The van der Waals surface area contributed by atoms with Crippen LogP contribution >= 0.6 is 15.9 Å². The van der Waals surface area contributed by atoms with Crippen LogP contribution in [0, 0.1) is 5.82 Å². The zero-order valence-corrected chi connectivity index (χ0v) is 9.55. The minimum absolute atomic E-state index is 0.0784. The predicted octanol–water partition coefficient (Wildman–Crippen LogP) is 3.09. The molecule has 15 heavy (non-hydrogen) atoms. The maximum absolute atomic E-state index is 13.3. The summed E-state index contributed by atoms with van der Waals surface area (Å²) in [5.74, 6) is -1.16. The molecular weight excluding hydrogens is 263 g/mol. The zero-order chi connectivity index (χ0) is 11.1. The summed E-state index contributed by atoms with van der Waals surface area (Å²) in [7, 11) is 0. The van der Waals surface area contributed by atoms with Gasteiger partial charge in [-0.05, 0) is 40.4 Å². The second-order valence-corrected chi connectivity index (χ2v) is 4.75. The van der Waals surface area contributed by atoms with Crippen LogP contribution in [-0.4, -0.2) is 11.1 Å². The summed E-state index contributed by atoms with van der Waals surface area (Å²) in [6, 6.07) is 4.78. The molecule has 0 aliphatic heterocycles. The third-order valence-corrected chi connectivity index (χ3v) is 3.67. The molecule has 2 nitrogen and oxygen atoms in total. The van der Waals surface area contributed by atoms with Gasteiger partial charge in [-0.1, -0.05) is 12.1 Å². The van der Waals surface area contributed by atoms with Crippen molar-refractivity contribution in [3.05, 3.63) is 34.1 Å². The molecule has 0 radical (unpaired) electrons. The number of benzene rings is 1. The molecule has 0 bridgehead atoms. The van der Waals surface area contributed by atoms with Gasteiger partial charge in [0.15, 0.2) is 0 Å². The molecule has 1 aliphatic rings. The fourth-order valence-electron chi connectivity index (χ4n) is 1.90. The monoisotopic (exact) mass is 272 g/mol. The third-order valence-electron chi connectivity index (χ3n) is 2.87. The Labute approximate surface area is 95.2 Å². The Morgan fingerprint density at radius 2 is 2.20 bits per heavy atom. The lowest BCUT2D eigenvalue weighted by molar-refractivity contribution is -0.137. The topological polar surface area (TPSA) is 37.3 Å². The number of carboxylic acid groups (broad SMARTS) is 1. The van der Waals surface area contributed by atoms with Gasteiger partial charge in [0.1, 0.15) is 5.82 Å². The molecule has 0 unspecified atom stereocenters. The summed E-state index contributed by atoms with van der Waals surface area (Å²) in [5, 5.41) is 8.80. The molecule has 80 valence electrons. The van der Waals surface area contributed by atoms with E-state index in [0.717, 1.165) is 18.4 Å². The average Bonchev–Trinajstić information content (AvgIpc) is 2.89. The van der Waals surface area contributed by atoms with E-state index in [1.807, 2.05) is 0 Å². The highest BCUT2D eigenvalue weighted by Crippen LogP contribution is 2.53. The van der Waals surface area contributed by atoms with Crippen molar-refractivity contribution >= 4 is 21.9 Å². The minimum Gasteiger partial charge on any atom is -0.481 e. The van der Waals surface area contributed by atoms with Crippen LogP contribution in [0.25, 0.3) is 0 Å². The molecule has 1 saturated carbocycles. The maximum atomic E-state index is 13.3. The van der Waals surface area contributed by atoms with Crippen molar-refractivity contribution in [1.82, 2.24) is 0 Å². The number of hydrogen-bond acceptors (Lipinski definition) is 1. The van der Waals surface area contributed by atoms with Gasteiger partial charge in [-0.3, -0.25) is 4.79 Å². The van der Waals surface area contributed by atoms with Crippen LogP contribution in [0.1, 0.15) is 24.8 Å². The molecule has 1 aromatic carbocycles. The lowest BCUT2D eigenvalue weighted by Crippen LogP contribution is -2.13. The minimum atomic E-state index is -0.830. The average molecular weight is 273 g/mol. The lowest BCUT2D eigenvalue weighted by Gasteiger charge is -2.15. The molecule has 1 fully saturated rings. The number of carbonyl (C=O) groups is 1. The molecular formula is C11H10BrFO2. The van der Waals surface area contributed by atoms with Crippen molar-refractivity contribution in [2.24, 2.45) is 0 Å². The van der Waals surface area contributed by atoms with Gasteiger partial charge in [-0.15, -0.1) is 0 Å². The van der Waals surface area contributed by atoms with Gasteiger partial charge in [0, 0.05) is 5.41 Å². The van der Waals surface area contributed by atoms with Crippen molar-refractivity contribution in [3.8, 4) is 0 Å². The first-order valence-corrected chi connectivity index (χ1v) is 5.51. The van der Waals surface area contributed by atoms with Crippen molar-refractivity contribution in [1.29, 1.82) is 0 Å². The van der Waals surface area contributed by atoms with Crippen LogP contribution in [0.15, 0.2) is 22.7 Å². The first-order chi connectivity index (χ1) is 7.05. The maximum Gasteiger partial charge on any atom is 0.304 e. The van der Waals surface area contributed by atoms with E-state index < -0.39 is 5.97 Å². The zero-order valence-electron chi connectivity index (χ0n) is 7.96. The van der Waals surface area contributed by atoms with Gasteiger partial charge in [0.2, 0.25) is 0 Å². The molecule has 1 N–H and O–H groups in total. The fraction of sp³-hybridized carbons (Fsp3) is 0.364. The first kappa shape index (κ1) is 10.6. The first-order valence-electron chi connectivity index (χ1n) is 4.71. The van der Waals surface area contributed by atoms with E-state index in [4.69, 9.17) is 5.11 Å². The number of hydrogen-bond donors (Lipinski definition) is 1. The standard InChI is InChI=1S/C11H10BrFO2/c12-10-7(2-1-3-8(10)13)11(4-5-11)6-9(14)15/h1-3H,4-6H2,(H,14,15). The largest absolute Gasteiger partial charge is 0.481 e. The van der Waals surface area contributed by atoms with Crippen molar-refractivity contribution in [2.75, 3.05) is 0 Å². The Balaban J connectivity index is 2.37. The van der Waals surface area contributed by atoms with Crippen LogP contribution < -0.4 is 0 Å². The Morgan fingerprint density at radius 1 is 1.53 bits per heavy atom. The molecule has 0 aromatic heterocycles. The predicted molar refractivity (Wildman–Crippen MR) is 57.3 cm³/mol. The van der Waals surface area contributed by atoms with Crippen LogP contribution in [0.4, 0.5) is 4.39 Å². The van der Waals surface area contributed by atoms with Crippen molar-refractivity contribution in [2.45, 2.75) is 24.7 Å². The molecule has 1 aromatic rings. The molecule has 4 heteroatoms. The highest BCUT2D eigenvalue weighted by molar-refractivity contribution is 9.10. The molecule has 1 aliphatic carbocycles.